The molecule has 1 N–H and O–H groups in total. The lowest BCUT2D eigenvalue weighted by Gasteiger charge is -2.19. The second-order valence-electron chi connectivity index (χ2n) is 6.99. The Kier molecular flexibility index (Phi) is 6.45. The van der Waals surface area contributed by atoms with Crippen LogP contribution in [-0.2, 0) is 16.1 Å². The van der Waals surface area contributed by atoms with Gasteiger partial charge in [-0.2, -0.15) is 5.26 Å². The molecule has 0 saturated carbocycles. The van der Waals surface area contributed by atoms with Crippen LogP contribution in [0.2, 0.25) is 0 Å². The molecule has 1 fully saturated rings. The van der Waals surface area contributed by atoms with Gasteiger partial charge in [0.15, 0.2) is 0 Å². The molecule has 0 radical (unpaired) electrons. The van der Waals surface area contributed by atoms with Crippen molar-refractivity contribution in [1.29, 1.82) is 5.26 Å². The minimum Gasteiger partial charge on any atom is -0.467 e. The first kappa shape index (κ1) is 20.7. The second-order valence-corrected chi connectivity index (χ2v) is 8.18. The van der Waals surface area contributed by atoms with E-state index in [1.165, 1.54) is 22.9 Å². The van der Waals surface area contributed by atoms with Gasteiger partial charge in [-0.1, -0.05) is 44.7 Å². The van der Waals surface area contributed by atoms with E-state index < -0.39 is 5.91 Å². The van der Waals surface area contributed by atoms with Gasteiger partial charge in [-0.3, -0.25) is 14.5 Å². The standard InChI is InChI=1S/C22H23N3O3S/c1-4-19-21(27)25(16-9-7-15(8-10-16)14(2)3)22(29-19)18(12-23)20(26)24-13-17-6-5-11-28-17/h5-11,14,19H,4,13H2,1-3H3,(H,24,26)/b22-18-. The zero-order valence-electron chi connectivity index (χ0n) is 16.6. The Labute approximate surface area is 174 Å². The fourth-order valence-electron chi connectivity index (χ4n) is 3.03. The summed E-state index contributed by atoms with van der Waals surface area (Å²) in [6.07, 6.45) is 2.13. The molecule has 1 saturated heterocycles. The third kappa shape index (κ3) is 4.38. The lowest BCUT2D eigenvalue weighted by Crippen LogP contribution is -2.31. The van der Waals surface area contributed by atoms with E-state index in [0.29, 0.717) is 28.8 Å². The number of benzene rings is 1. The number of rotatable bonds is 6. The number of hydrogen-bond acceptors (Lipinski definition) is 5. The summed E-state index contributed by atoms with van der Waals surface area (Å²) >= 11 is 1.27. The molecular weight excluding hydrogens is 386 g/mol. The first-order valence-electron chi connectivity index (χ1n) is 9.51. The number of nitrogens with zero attached hydrogens (tertiary/aromatic N) is 2. The Morgan fingerprint density at radius 1 is 1.31 bits per heavy atom. The van der Waals surface area contributed by atoms with Crippen molar-refractivity contribution in [3.05, 3.63) is 64.6 Å². The third-order valence-electron chi connectivity index (χ3n) is 4.70. The van der Waals surface area contributed by atoms with E-state index in [1.807, 2.05) is 37.3 Å². The van der Waals surface area contributed by atoms with Crippen molar-refractivity contribution in [1.82, 2.24) is 5.32 Å². The van der Waals surface area contributed by atoms with Gasteiger partial charge < -0.3 is 9.73 Å². The van der Waals surface area contributed by atoms with Gasteiger partial charge in [0.2, 0.25) is 5.91 Å². The molecule has 1 aliphatic heterocycles. The Hall–Kier alpha value is -2.98. The Balaban J connectivity index is 1.94. The van der Waals surface area contributed by atoms with E-state index in [4.69, 9.17) is 4.42 Å². The molecule has 7 heteroatoms. The summed E-state index contributed by atoms with van der Waals surface area (Å²) in [6, 6.07) is 13.1. The van der Waals surface area contributed by atoms with Crippen LogP contribution in [0.25, 0.3) is 0 Å². The molecule has 1 atom stereocenters. The number of amides is 2. The quantitative estimate of drug-likeness (QED) is 0.567. The van der Waals surface area contributed by atoms with Crippen LogP contribution in [0.5, 0.6) is 0 Å². The smallest absolute Gasteiger partial charge is 0.265 e. The lowest BCUT2D eigenvalue weighted by atomic mass is 10.0. The van der Waals surface area contributed by atoms with Crippen LogP contribution in [0.3, 0.4) is 0 Å². The zero-order chi connectivity index (χ0) is 21.0. The maximum atomic E-state index is 13.0. The summed E-state index contributed by atoms with van der Waals surface area (Å²) in [5.41, 5.74) is 1.74. The van der Waals surface area contributed by atoms with Gasteiger partial charge in [-0.25, -0.2) is 0 Å². The topological polar surface area (TPSA) is 86.3 Å². The van der Waals surface area contributed by atoms with Gasteiger partial charge in [0.1, 0.15) is 22.4 Å². The van der Waals surface area contributed by atoms with Gasteiger partial charge in [0.05, 0.1) is 18.1 Å². The van der Waals surface area contributed by atoms with Crippen molar-refractivity contribution in [2.45, 2.75) is 44.9 Å². The number of hydrogen-bond donors (Lipinski definition) is 1. The van der Waals surface area contributed by atoms with Crippen LogP contribution >= 0.6 is 11.8 Å². The predicted octanol–water partition coefficient (Wildman–Crippen LogP) is 4.31. The molecule has 2 amide bonds. The molecule has 2 heterocycles. The fourth-order valence-corrected chi connectivity index (χ4v) is 4.23. The number of anilines is 1. The molecule has 1 aromatic heterocycles. The number of furan rings is 1. The summed E-state index contributed by atoms with van der Waals surface area (Å²) in [5.74, 6) is 0.313. The van der Waals surface area contributed by atoms with E-state index >= 15 is 0 Å². The van der Waals surface area contributed by atoms with Crippen molar-refractivity contribution in [2.24, 2.45) is 0 Å². The van der Waals surface area contributed by atoms with E-state index in [9.17, 15) is 14.9 Å². The molecule has 0 spiro atoms. The number of carbonyl (C=O) groups is 2. The van der Waals surface area contributed by atoms with Crippen molar-refractivity contribution >= 4 is 29.3 Å². The Morgan fingerprint density at radius 2 is 2.03 bits per heavy atom. The summed E-state index contributed by atoms with van der Waals surface area (Å²) in [7, 11) is 0. The maximum absolute atomic E-state index is 13.0. The van der Waals surface area contributed by atoms with Crippen LogP contribution < -0.4 is 10.2 Å². The number of nitriles is 1. The highest BCUT2D eigenvalue weighted by Crippen LogP contribution is 2.42. The van der Waals surface area contributed by atoms with Gasteiger partial charge in [0.25, 0.3) is 5.91 Å². The second kappa shape index (κ2) is 9.01. The van der Waals surface area contributed by atoms with E-state index in [2.05, 4.69) is 19.2 Å². The average Bonchev–Trinajstić information content (AvgIpc) is 3.35. The zero-order valence-corrected chi connectivity index (χ0v) is 17.5. The first-order valence-corrected chi connectivity index (χ1v) is 10.4. The predicted molar refractivity (Wildman–Crippen MR) is 113 cm³/mol. The van der Waals surface area contributed by atoms with Crippen molar-refractivity contribution in [2.75, 3.05) is 4.90 Å². The molecule has 29 heavy (non-hydrogen) atoms. The van der Waals surface area contributed by atoms with Gasteiger partial charge in [-0.15, -0.1) is 0 Å². The molecule has 6 nitrogen and oxygen atoms in total. The minimum absolute atomic E-state index is 0.0706. The molecule has 1 aliphatic rings. The summed E-state index contributed by atoms with van der Waals surface area (Å²) in [4.78, 5) is 27.2. The highest BCUT2D eigenvalue weighted by Gasteiger charge is 2.39. The van der Waals surface area contributed by atoms with E-state index in [1.54, 1.807) is 12.1 Å². The molecular formula is C22H23N3O3S. The van der Waals surface area contributed by atoms with Crippen LogP contribution in [0.1, 0.15) is 44.4 Å². The molecule has 2 aromatic rings. The SMILES string of the molecule is CCC1S/C(=C(/C#N)C(=O)NCc2ccco2)N(c2ccc(C(C)C)cc2)C1=O. The molecule has 0 aliphatic carbocycles. The molecule has 0 bridgehead atoms. The highest BCUT2D eigenvalue weighted by atomic mass is 32.2. The lowest BCUT2D eigenvalue weighted by molar-refractivity contribution is -0.117. The fraction of sp³-hybridized carbons (Fsp3) is 0.318. The molecule has 1 aromatic carbocycles. The van der Waals surface area contributed by atoms with Crippen LogP contribution in [-0.4, -0.2) is 17.1 Å². The normalized spacial score (nSPS) is 18.1. The van der Waals surface area contributed by atoms with Gasteiger partial charge in [0, 0.05) is 5.69 Å². The highest BCUT2D eigenvalue weighted by molar-refractivity contribution is 8.05. The summed E-state index contributed by atoms with van der Waals surface area (Å²) < 4.78 is 5.21. The monoisotopic (exact) mass is 409 g/mol. The van der Waals surface area contributed by atoms with Gasteiger partial charge in [-0.05, 0) is 42.2 Å². The first-order chi connectivity index (χ1) is 14.0. The average molecular weight is 410 g/mol. The van der Waals surface area contributed by atoms with Crippen LogP contribution in [0, 0.1) is 11.3 Å². The summed E-state index contributed by atoms with van der Waals surface area (Å²) in [5, 5.41) is 12.4. The van der Waals surface area contributed by atoms with Gasteiger partial charge >= 0.3 is 0 Å². The Bertz CT molecular complexity index is 956. The summed E-state index contributed by atoms with van der Waals surface area (Å²) in [6.45, 7) is 6.29. The van der Waals surface area contributed by atoms with Crippen LogP contribution in [0.4, 0.5) is 5.69 Å². The number of carbonyl (C=O) groups excluding carboxylic acids is 2. The van der Waals surface area contributed by atoms with E-state index in [-0.39, 0.29) is 23.3 Å². The number of nitrogens with one attached hydrogen (secondary N) is 1. The molecule has 150 valence electrons. The molecule has 3 rings (SSSR count). The maximum Gasteiger partial charge on any atom is 0.265 e. The van der Waals surface area contributed by atoms with Crippen LogP contribution in [0.15, 0.2) is 57.7 Å². The Morgan fingerprint density at radius 3 is 2.59 bits per heavy atom. The molecule has 1 unspecified atom stereocenters. The van der Waals surface area contributed by atoms with E-state index in [0.717, 1.165) is 5.56 Å². The van der Waals surface area contributed by atoms with Crippen molar-refractivity contribution in [3.63, 3.8) is 0 Å². The number of thioether (sulfide) groups is 1. The van der Waals surface area contributed by atoms with Crippen molar-refractivity contribution < 1.29 is 14.0 Å². The largest absolute Gasteiger partial charge is 0.467 e. The minimum atomic E-state index is -0.528. The van der Waals surface area contributed by atoms with Crippen molar-refractivity contribution in [3.8, 4) is 6.07 Å². The third-order valence-corrected chi connectivity index (χ3v) is 6.13.